The van der Waals surface area contributed by atoms with Crippen molar-refractivity contribution < 1.29 is 9.53 Å². The second kappa shape index (κ2) is 5.75. The second-order valence-electron chi connectivity index (χ2n) is 3.98. The summed E-state index contributed by atoms with van der Waals surface area (Å²) in [5.74, 6) is 0.458. The quantitative estimate of drug-likeness (QED) is 0.719. The lowest BCUT2D eigenvalue weighted by Gasteiger charge is -2.38. The number of amides is 1. The van der Waals surface area contributed by atoms with Crippen molar-refractivity contribution in [3.05, 3.63) is 12.7 Å². The van der Waals surface area contributed by atoms with Gasteiger partial charge < -0.3 is 15.4 Å². The highest BCUT2D eigenvalue weighted by Crippen LogP contribution is 2.23. The van der Waals surface area contributed by atoms with Crippen molar-refractivity contribution in [1.82, 2.24) is 4.90 Å². The maximum absolute atomic E-state index is 11.7. The van der Waals surface area contributed by atoms with E-state index in [-0.39, 0.29) is 18.7 Å². The number of rotatable bonds is 3. The van der Waals surface area contributed by atoms with Crippen LogP contribution in [0.15, 0.2) is 12.7 Å². The first-order valence-electron chi connectivity index (χ1n) is 5.45. The summed E-state index contributed by atoms with van der Waals surface area (Å²) in [6, 6.07) is 0.121. The van der Waals surface area contributed by atoms with Gasteiger partial charge in [0.25, 0.3) is 0 Å². The number of nitrogens with zero attached hydrogens (tertiary/aromatic N) is 1. The number of carbonyl (C=O) groups is 1. The predicted octanol–water partition coefficient (Wildman–Crippen LogP) is 1.37. The van der Waals surface area contributed by atoms with Gasteiger partial charge >= 0.3 is 6.09 Å². The first-order chi connectivity index (χ1) is 7.20. The number of hydrogen-bond donors (Lipinski definition) is 1. The third kappa shape index (κ3) is 2.96. The van der Waals surface area contributed by atoms with Crippen LogP contribution in [0.25, 0.3) is 0 Å². The maximum atomic E-state index is 11.7. The van der Waals surface area contributed by atoms with Gasteiger partial charge in [-0.3, -0.25) is 0 Å². The Hall–Kier alpha value is -1.03. The summed E-state index contributed by atoms with van der Waals surface area (Å²) in [4.78, 5) is 13.4. The Kier molecular flexibility index (Phi) is 4.62. The lowest BCUT2D eigenvalue weighted by atomic mass is 9.91. The number of piperidine rings is 1. The van der Waals surface area contributed by atoms with Crippen LogP contribution in [0.4, 0.5) is 4.79 Å². The normalized spacial score (nSPS) is 26.1. The van der Waals surface area contributed by atoms with Crippen LogP contribution in [0.2, 0.25) is 0 Å². The van der Waals surface area contributed by atoms with Crippen LogP contribution in [0.3, 0.4) is 0 Å². The Bertz CT molecular complexity index is 231. The van der Waals surface area contributed by atoms with Gasteiger partial charge in [0.15, 0.2) is 0 Å². The van der Waals surface area contributed by atoms with Crippen molar-refractivity contribution in [3.63, 3.8) is 0 Å². The van der Waals surface area contributed by atoms with Gasteiger partial charge in [0.1, 0.15) is 6.61 Å². The lowest BCUT2D eigenvalue weighted by Crippen LogP contribution is -2.51. The van der Waals surface area contributed by atoms with Crippen molar-refractivity contribution in [1.29, 1.82) is 0 Å². The fraction of sp³-hybridized carbons (Fsp3) is 0.727. The zero-order valence-corrected chi connectivity index (χ0v) is 9.32. The minimum absolute atomic E-state index is 0.121. The highest BCUT2D eigenvalue weighted by molar-refractivity contribution is 5.68. The molecule has 4 nitrogen and oxygen atoms in total. The molecule has 1 aliphatic rings. The smallest absolute Gasteiger partial charge is 0.410 e. The fourth-order valence-corrected chi connectivity index (χ4v) is 2.05. The molecule has 1 heterocycles. The van der Waals surface area contributed by atoms with E-state index in [9.17, 15) is 4.79 Å². The molecule has 1 amide bonds. The SMILES string of the molecule is C=CCOC(=O)N1CCC[C@H](C)[C@@H]1CN. The Morgan fingerprint density at radius 3 is 3.07 bits per heavy atom. The number of hydrogen-bond acceptors (Lipinski definition) is 3. The van der Waals surface area contributed by atoms with Crippen molar-refractivity contribution in [2.45, 2.75) is 25.8 Å². The Morgan fingerprint density at radius 1 is 1.73 bits per heavy atom. The molecule has 1 aliphatic heterocycles. The molecule has 2 N–H and O–H groups in total. The molecule has 1 rings (SSSR count). The van der Waals surface area contributed by atoms with E-state index in [0.717, 1.165) is 19.4 Å². The van der Waals surface area contributed by atoms with Crippen LogP contribution in [0, 0.1) is 5.92 Å². The molecular formula is C11H20N2O2. The molecule has 1 fully saturated rings. The van der Waals surface area contributed by atoms with Crippen LogP contribution in [-0.4, -0.2) is 36.7 Å². The zero-order chi connectivity index (χ0) is 11.3. The lowest BCUT2D eigenvalue weighted by molar-refractivity contribution is 0.0652. The Labute approximate surface area is 91.1 Å². The molecule has 86 valence electrons. The molecule has 0 unspecified atom stereocenters. The third-order valence-corrected chi connectivity index (χ3v) is 2.92. The van der Waals surface area contributed by atoms with E-state index >= 15 is 0 Å². The second-order valence-corrected chi connectivity index (χ2v) is 3.98. The number of ether oxygens (including phenoxy) is 1. The van der Waals surface area contributed by atoms with Crippen molar-refractivity contribution >= 4 is 6.09 Å². The molecule has 15 heavy (non-hydrogen) atoms. The zero-order valence-electron chi connectivity index (χ0n) is 9.32. The monoisotopic (exact) mass is 212 g/mol. The number of carbonyl (C=O) groups excluding carboxylic acids is 1. The van der Waals surface area contributed by atoms with Gasteiger partial charge in [-0.2, -0.15) is 0 Å². The molecule has 0 radical (unpaired) electrons. The minimum Gasteiger partial charge on any atom is -0.445 e. The van der Waals surface area contributed by atoms with Gasteiger partial charge in [0, 0.05) is 19.1 Å². The summed E-state index contributed by atoms with van der Waals surface area (Å²) in [5, 5.41) is 0. The van der Waals surface area contributed by atoms with Crippen LogP contribution in [-0.2, 0) is 4.74 Å². The molecule has 2 atom stereocenters. The van der Waals surface area contributed by atoms with Gasteiger partial charge in [0.05, 0.1) is 0 Å². The predicted molar refractivity (Wildman–Crippen MR) is 59.5 cm³/mol. The maximum Gasteiger partial charge on any atom is 0.410 e. The molecule has 0 bridgehead atoms. The van der Waals surface area contributed by atoms with E-state index in [1.54, 1.807) is 11.0 Å². The van der Waals surface area contributed by atoms with E-state index in [4.69, 9.17) is 10.5 Å². The molecule has 0 aromatic heterocycles. The molecule has 4 heteroatoms. The number of nitrogens with two attached hydrogens (primary N) is 1. The molecule has 0 aliphatic carbocycles. The molecule has 0 spiro atoms. The van der Waals surface area contributed by atoms with E-state index < -0.39 is 0 Å². The summed E-state index contributed by atoms with van der Waals surface area (Å²) in [6.07, 6.45) is 3.47. The van der Waals surface area contributed by atoms with Crippen molar-refractivity contribution in [2.75, 3.05) is 19.7 Å². The molecule has 0 aromatic rings. The van der Waals surface area contributed by atoms with Crippen molar-refractivity contribution in [3.8, 4) is 0 Å². The topological polar surface area (TPSA) is 55.6 Å². The largest absolute Gasteiger partial charge is 0.445 e. The van der Waals surface area contributed by atoms with Gasteiger partial charge in [0.2, 0.25) is 0 Å². The van der Waals surface area contributed by atoms with Gasteiger partial charge in [-0.1, -0.05) is 19.6 Å². The van der Waals surface area contributed by atoms with Crippen LogP contribution < -0.4 is 5.73 Å². The summed E-state index contributed by atoms with van der Waals surface area (Å²) < 4.78 is 5.02. The third-order valence-electron chi connectivity index (χ3n) is 2.92. The molecule has 0 aromatic carbocycles. The van der Waals surface area contributed by atoms with E-state index in [0.29, 0.717) is 12.5 Å². The van der Waals surface area contributed by atoms with Gasteiger partial charge in [-0.25, -0.2) is 4.79 Å². The first kappa shape index (κ1) is 12.0. The minimum atomic E-state index is -0.267. The summed E-state index contributed by atoms with van der Waals surface area (Å²) in [6.45, 7) is 7.16. The van der Waals surface area contributed by atoms with E-state index in [1.807, 2.05) is 0 Å². The van der Waals surface area contributed by atoms with Gasteiger partial charge in [-0.05, 0) is 18.8 Å². The fourth-order valence-electron chi connectivity index (χ4n) is 2.05. The van der Waals surface area contributed by atoms with Crippen LogP contribution in [0.5, 0.6) is 0 Å². The highest BCUT2D eigenvalue weighted by Gasteiger charge is 2.31. The van der Waals surface area contributed by atoms with Crippen LogP contribution in [0.1, 0.15) is 19.8 Å². The standard InChI is InChI=1S/C11H20N2O2/c1-3-7-15-11(14)13-6-4-5-9(2)10(13)8-12/h3,9-10H,1,4-8,12H2,2H3/t9-,10-/m0/s1. The highest BCUT2D eigenvalue weighted by atomic mass is 16.6. The molecule has 1 saturated heterocycles. The number of likely N-dealkylation sites (tertiary alicyclic amines) is 1. The van der Waals surface area contributed by atoms with Crippen molar-refractivity contribution in [2.24, 2.45) is 11.7 Å². The van der Waals surface area contributed by atoms with E-state index in [2.05, 4.69) is 13.5 Å². The van der Waals surface area contributed by atoms with Crippen LogP contribution >= 0.6 is 0 Å². The van der Waals surface area contributed by atoms with E-state index in [1.165, 1.54) is 0 Å². The first-order valence-corrected chi connectivity index (χ1v) is 5.45. The molecular weight excluding hydrogens is 192 g/mol. The van der Waals surface area contributed by atoms with Gasteiger partial charge in [-0.15, -0.1) is 0 Å². The molecule has 0 saturated carbocycles. The average molecular weight is 212 g/mol. The summed E-state index contributed by atoms with van der Waals surface area (Å²) in [7, 11) is 0. The summed E-state index contributed by atoms with van der Waals surface area (Å²) >= 11 is 0. The Balaban J connectivity index is 2.56. The average Bonchev–Trinajstić information content (AvgIpc) is 2.25. The summed E-state index contributed by atoms with van der Waals surface area (Å²) in [5.41, 5.74) is 5.68. The Morgan fingerprint density at radius 2 is 2.47 bits per heavy atom.